The number of carbonyl (C=O) groups excluding carboxylic acids is 1. The van der Waals surface area contributed by atoms with Gasteiger partial charge in [0.15, 0.2) is 0 Å². The third-order valence-electron chi connectivity index (χ3n) is 3.74. The van der Waals surface area contributed by atoms with Gasteiger partial charge in [-0.1, -0.05) is 19.3 Å². The number of hydrogen-bond acceptors (Lipinski definition) is 3. The first-order chi connectivity index (χ1) is 8.31. The number of rotatable bonds is 3. The summed E-state index contributed by atoms with van der Waals surface area (Å²) < 4.78 is 5.43. The lowest BCUT2D eigenvalue weighted by atomic mass is 9.78. The van der Waals surface area contributed by atoms with E-state index in [1.807, 2.05) is 20.8 Å². The number of carbonyl (C=O) groups is 1. The van der Waals surface area contributed by atoms with Crippen molar-refractivity contribution in [1.29, 1.82) is 0 Å². The minimum Gasteiger partial charge on any atom is -0.444 e. The quantitative estimate of drug-likeness (QED) is 0.845. The molecule has 1 aliphatic carbocycles. The SMILES string of the molecule is CN(C(=O)OC(C)(C)C)C1(CCO)CCCCC1. The van der Waals surface area contributed by atoms with Crippen LogP contribution in [0.15, 0.2) is 0 Å². The van der Waals surface area contributed by atoms with E-state index in [9.17, 15) is 9.90 Å². The van der Waals surface area contributed by atoms with Crippen molar-refractivity contribution >= 4 is 6.09 Å². The summed E-state index contributed by atoms with van der Waals surface area (Å²) in [7, 11) is 1.80. The van der Waals surface area contributed by atoms with Gasteiger partial charge in [-0.15, -0.1) is 0 Å². The van der Waals surface area contributed by atoms with Crippen LogP contribution in [0.3, 0.4) is 0 Å². The molecule has 1 fully saturated rings. The molecule has 0 aromatic rings. The topological polar surface area (TPSA) is 49.8 Å². The van der Waals surface area contributed by atoms with Crippen LogP contribution in [0.1, 0.15) is 59.3 Å². The van der Waals surface area contributed by atoms with Crippen molar-refractivity contribution in [2.45, 2.75) is 70.4 Å². The minimum atomic E-state index is -0.472. The standard InChI is InChI=1S/C14H27NO3/c1-13(2,3)18-12(17)15(4)14(10-11-16)8-6-5-7-9-14/h16H,5-11H2,1-4H3. The highest BCUT2D eigenvalue weighted by Gasteiger charge is 2.39. The van der Waals surface area contributed by atoms with E-state index in [2.05, 4.69) is 0 Å². The minimum absolute atomic E-state index is 0.118. The van der Waals surface area contributed by atoms with Gasteiger partial charge in [-0.25, -0.2) is 4.79 Å². The zero-order chi connectivity index (χ0) is 13.8. The van der Waals surface area contributed by atoms with E-state index in [0.717, 1.165) is 25.7 Å². The summed E-state index contributed by atoms with van der Waals surface area (Å²) in [6.07, 6.45) is 5.74. The molecule has 4 heteroatoms. The Balaban J connectivity index is 2.75. The van der Waals surface area contributed by atoms with Crippen molar-refractivity contribution in [1.82, 2.24) is 4.90 Å². The molecule has 0 bridgehead atoms. The van der Waals surface area contributed by atoms with E-state index >= 15 is 0 Å². The van der Waals surface area contributed by atoms with Gasteiger partial charge in [-0.05, 0) is 40.0 Å². The van der Waals surface area contributed by atoms with Crippen LogP contribution >= 0.6 is 0 Å². The van der Waals surface area contributed by atoms with E-state index < -0.39 is 5.60 Å². The second-order valence-electron chi connectivity index (χ2n) is 6.30. The highest BCUT2D eigenvalue weighted by Crippen LogP contribution is 2.36. The number of ether oxygens (including phenoxy) is 1. The molecule has 1 N–H and O–H groups in total. The maximum Gasteiger partial charge on any atom is 0.410 e. The van der Waals surface area contributed by atoms with Crippen molar-refractivity contribution < 1.29 is 14.6 Å². The monoisotopic (exact) mass is 257 g/mol. The van der Waals surface area contributed by atoms with Crippen LogP contribution in [0, 0.1) is 0 Å². The van der Waals surface area contributed by atoms with E-state index in [1.165, 1.54) is 6.42 Å². The van der Waals surface area contributed by atoms with Crippen LogP contribution < -0.4 is 0 Å². The Hall–Kier alpha value is -0.770. The van der Waals surface area contributed by atoms with Crippen LogP contribution in [0.4, 0.5) is 4.79 Å². The third-order valence-corrected chi connectivity index (χ3v) is 3.74. The fraction of sp³-hybridized carbons (Fsp3) is 0.929. The van der Waals surface area contributed by atoms with Crippen LogP contribution in [-0.4, -0.2) is 40.9 Å². The molecule has 1 aliphatic rings. The van der Waals surface area contributed by atoms with Crippen molar-refractivity contribution in [2.24, 2.45) is 0 Å². The van der Waals surface area contributed by atoms with Crippen LogP contribution in [0.5, 0.6) is 0 Å². The maximum absolute atomic E-state index is 12.2. The van der Waals surface area contributed by atoms with Gasteiger partial charge in [0.1, 0.15) is 5.60 Å². The van der Waals surface area contributed by atoms with E-state index in [-0.39, 0.29) is 18.2 Å². The van der Waals surface area contributed by atoms with Gasteiger partial charge in [-0.3, -0.25) is 0 Å². The molecule has 0 aliphatic heterocycles. The summed E-state index contributed by atoms with van der Waals surface area (Å²) >= 11 is 0. The largest absolute Gasteiger partial charge is 0.444 e. The molecule has 0 aromatic carbocycles. The molecule has 0 atom stereocenters. The van der Waals surface area contributed by atoms with Gasteiger partial charge < -0.3 is 14.7 Å². The smallest absolute Gasteiger partial charge is 0.410 e. The number of aliphatic hydroxyl groups is 1. The second-order valence-corrected chi connectivity index (χ2v) is 6.30. The summed E-state index contributed by atoms with van der Waals surface area (Å²) in [5.74, 6) is 0. The zero-order valence-corrected chi connectivity index (χ0v) is 12.2. The average Bonchev–Trinajstić information content (AvgIpc) is 2.27. The van der Waals surface area contributed by atoms with E-state index in [0.29, 0.717) is 6.42 Å². The lowest BCUT2D eigenvalue weighted by Gasteiger charge is -2.44. The lowest BCUT2D eigenvalue weighted by Crippen LogP contribution is -2.52. The Labute approximate surface area is 110 Å². The first-order valence-corrected chi connectivity index (χ1v) is 6.88. The van der Waals surface area contributed by atoms with E-state index in [4.69, 9.17) is 4.74 Å². The Morgan fingerprint density at radius 1 is 1.28 bits per heavy atom. The van der Waals surface area contributed by atoms with Crippen LogP contribution in [0.25, 0.3) is 0 Å². The fourth-order valence-electron chi connectivity index (χ4n) is 2.70. The average molecular weight is 257 g/mol. The van der Waals surface area contributed by atoms with Gasteiger partial charge in [-0.2, -0.15) is 0 Å². The molecule has 4 nitrogen and oxygen atoms in total. The Morgan fingerprint density at radius 3 is 2.28 bits per heavy atom. The predicted octanol–water partition coefficient (Wildman–Crippen LogP) is 2.94. The summed E-state index contributed by atoms with van der Waals surface area (Å²) in [5.41, 5.74) is -0.685. The zero-order valence-electron chi connectivity index (χ0n) is 12.2. The second kappa shape index (κ2) is 5.91. The van der Waals surface area contributed by atoms with Crippen molar-refractivity contribution in [3.8, 4) is 0 Å². The molecule has 1 amide bonds. The van der Waals surface area contributed by atoms with Crippen molar-refractivity contribution in [3.05, 3.63) is 0 Å². The number of hydrogen-bond donors (Lipinski definition) is 1. The van der Waals surface area contributed by atoms with Gasteiger partial charge >= 0.3 is 6.09 Å². The summed E-state index contributed by atoms with van der Waals surface area (Å²) in [5, 5.41) is 9.27. The molecule has 0 unspecified atom stereocenters. The first-order valence-electron chi connectivity index (χ1n) is 6.88. The maximum atomic E-state index is 12.2. The summed E-state index contributed by atoms with van der Waals surface area (Å²) in [6.45, 7) is 5.74. The number of aliphatic hydroxyl groups excluding tert-OH is 1. The Morgan fingerprint density at radius 2 is 1.83 bits per heavy atom. The molecular weight excluding hydrogens is 230 g/mol. The molecule has 0 aromatic heterocycles. The summed E-state index contributed by atoms with van der Waals surface area (Å²) in [4.78, 5) is 13.9. The molecule has 0 radical (unpaired) electrons. The van der Waals surface area contributed by atoms with Gasteiger partial charge in [0.25, 0.3) is 0 Å². The number of amides is 1. The molecule has 0 heterocycles. The molecule has 1 saturated carbocycles. The summed E-state index contributed by atoms with van der Waals surface area (Å²) in [6, 6.07) is 0. The molecule has 0 spiro atoms. The van der Waals surface area contributed by atoms with Crippen molar-refractivity contribution in [3.63, 3.8) is 0 Å². The Bertz CT molecular complexity index is 272. The van der Waals surface area contributed by atoms with Crippen molar-refractivity contribution in [2.75, 3.05) is 13.7 Å². The van der Waals surface area contributed by atoms with Gasteiger partial charge in [0, 0.05) is 19.2 Å². The van der Waals surface area contributed by atoms with Gasteiger partial charge in [0.05, 0.1) is 0 Å². The predicted molar refractivity (Wildman–Crippen MR) is 71.5 cm³/mol. The highest BCUT2D eigenvalue weighted by atomic mass is 16.6. The first kappa shape index (κ1) is 15.3. The normalized spacial score (nSPS) is 19.4. The molecule has 18 heavy (non-hydrogen) atoms. The van der Waals surface area contributed by atoms with Crippen LogP contribution in [-0.2, 0) is 4.74 Å². The molecule has 106 valence electrons. The number of nitrogens with zero attached hydrogens (tertiary/aromatic N) is 1. The van der Waals surface area contributed by atoms with Gasteiger partial charge in [0.2, 0.25) is 0 Å². The molecular formula is C14H27NO3. The molecule has 0 saturated heterocycles. The fourth-order valence-corrected chi connectivity index (χ4v) is 2.70. The Kier molecular flexibility index (Phi) is 5.02. The third kappa shape index (κ3) is 3.87. The lowest BCUT2D eigenvalue weighted by molar-refractivity contribution is -0.0103. The van der Waals surface area contributed by atoms with Crippen LogP contribution in [0.2, 0.25) is 0 Å². The molecule has 1 rings (SSSR count). The van der Waals surface area contributed by atoms with E-state index in [1.54, 1.807) is 11.9 Å². The highest BCUT2D eigenvalue weighted by molar-refractivity contribution is 5.68.